The maximum absolute atomic E-state index is 12.7. The van der Waals surface area contributed by atoms with Gasteiger partial charge in [-0.25, -0.2) is 8.42 Å². The first kappa shape index (κ1) is 18.1. The molecule has 7 nitrogen and oxygen atoms in total. The Hall–Kier alpha value is -2.29. The maximum Gasteiger partial charge on any atom is 0.269 e. The van der Waals surface area contributed by atoms with E-state index < -0.39 is 21.0 Å². The van der Waals surface area contributed by atoms with E-state index in [4.69, 9.17) is 5.73 Å². The van der Waals surface area contributed by atoms with Gasteiger partial charge >= 0.3 is 0 Å². The molecule has 128 valence electrons. The molecule has 0 bridgehead atoms. The van der Waals surface area contributed by atoms with Gasteiger partial charge in [-0.3, -0.25) is 10.1 Å². The van der Waals surface area contributed by atoms with E-state index >= 15 is 0 Å². The number of nitro benzene ring substituents is 1. The van der Waals surface area contributed by atoms with Crippen molar-refractivity contribution in [3.05, 3.63) is 70.3 Å². The van der Waals surface area contributed by atoms with Crippen LogP contribution in [0.2, 0.25) is 0 Å². The maximum atomic E-state index is 12.7. The summed E-state index contributed by atoms with van der Waals surface area (Å²) < 4.78 is 26.7. The van der Waals surface area contributed by atoms with E-state index in [0.29, 0.717) is 0 Å². The first-order valence-corrected chi connectivity index (χ1v) is 8.85. The van der Waals surface area contributed by atoms with Crippen molar-refractivity contribution in [2.24, 2.45) is 5.73 Å². The second kappa shape index (κ2) is 7.52. The Bertz CT molecular complexity index is 792. The highest BCUT2D eigenvalue weighted by atomic mass is 32.2. The number of nitro groups is 1. The topological polar surface area (TPSA) is 107 Å². The van der Waals surface area contributed by atoms with Crippen molar-refractivity contribution in [3.63, 3.8) is 0 Å². The lowest BCUT2D eigenvalue weighted by atomic mass is 10.1. The molecule has 8 heteroatoms. The molecule has 0 saturated carbocycles. The molecule has 2 N–H and O–H groups in total. The lowest BCUT2D eigenvalue weighted by Crippen LogP contribution is -2.37. The molecule has 0 aliphatic heterocycles. The van der Waals surface area contributed by atoms with E-state index in [0.717, 1.165) is 5.56 Å². The van der Waals surface area contributed by atoms with Gasteiger partial charge in [-0.05, 0) is 17.7 Å². The van der Waals surface area contributed by atoms with E-state index in [9.17, 15) is 18.5 Å². The molecule has 2 aromatic rings. The van der Waals surface area contributed by atoms with Crippen LogP contribution in [0.15, 0.2) is 59.5 Å². The lowest BCUT2D eigenvalue weighted by Gasteiger charge is -2.24. The standard InChI is InChI=1S/C16H19N3O4S/c1-2-18(12-16(17)13-6-4-3-5-7-13)24(22,23)15-10-8-14(9-11-15)19(20)21/h3-11,16H,2,12,17H2,1H3. The van der Waals surface area contributed by atoms with Crippen LogP contribution in [0.5, 0.6) is 0 Å². The van der Waals surface area contributed by atoms with E-state index in [2.05, 4.69) is 0 Å². The van der Waals surface area contributed by atoms with E-state index in [1.807, 2.05) is 30.3 Å². The van der Waals surface area contributed by atoms with E-state index in [-0.39, 0.29) is 23.7 Å². The summed E-state index contributed by atoms with van der Waals surface area (Å²) in [5.74, 6) is 0. The molecule has 0 spiro atoms. The van der Waals surface area contributed by atoms with Gasteiger partial charge in [-0.2, -0.15) is 4.31 Å². The molecule has 2 aromatic carbocycles. The Labute approximate surface area is 140 Å². The van der Waals surface area contributed by atoms with Gasteiger partial charge in [0, 0.05) is 31.3 Å². The molecular weight excluding hydrogens is 330 g/mol. The first-order chi connectivity index (χ1) is 11.4. The fourth-order valence-electron chi connectivity index (χ4n) is 2.31. The number of nitrogens with zero attached hydrogens (tertiary/aromatic N) is 2. The minimum absolute atomic E-state index is 0.00946. The Balaban J connectivity index is 2.23. The van der Waals surface area contributed by atoms with Gasteiger partial charge in [0.15, 0.2) is 0 Å². The van der Waals surface area contributed by atoms with Crippen LogP contribution in [-0.2, 0) is 10.0 Å². The number of hydrogen-bond donors (Lipinski definition) is 1. The molecule has 1 atom stereocenters. The third kappa shape index (κ3) is 3.97. The summed E-state index contributed by atoms with van der Waals surface area (Å²) in [6, 6.07) is 13.6. The number of non-ortho nitro benzene ring substituents is 1. The molecule has 0 heterocycles. The molecule has 0 fully saturated rings. The number of nitrogens with two attached hydrogens (primary N) is 1. The first-order valence-electron chi connectivity index (χ1n) is 7.41. The molecule has 0 aliphatic rings. The summed E-state index contributed by atoms with van der Waals surface area (Å²) in [7, 11) is -3.77. The number of benzene rings is 2. The van der Waals surface area contributed by atoms with Crippen LogP contribution in [0.3, 0.4) is 0 Å². The molecule has 0 aliphatic carbocycles. The quantitative estimate of drug-likeness (QED) is 0.610. The van der Waals surface area contributed by atoms with Crippen molar-refractivity contribution >= 4 is 15.7 Å². The SMILES string of the molecule is CCN(CC(N)c1ccccc1)S(=O)(=O)c1ccc([N+](=O)[O-])cc1. The minimum atomic E-state index is -3.77. The fourth-order valence-corrected chi connectivity index (χ4v) is 3.79. The van der Waals surface area contributed by atoms with Crippen LogP contribution in [0.4, 0.5) is 5.69 Å². The Morgan fingerprint density at radius 1 is 1.12 bits per heavy atom. The molecular formula is C16H19N3O4S. The summed E-state index contributed by atoms with van der Waals surface area (Å²) in [6.45, 7) is 2.10. The molecule has 0 radical (unpaired) electrons. The zero-order chi connectivity index (χ0) is 17.7. The smallest absolute Gasteiger partial charge is 0.269 e. The number of hydrogen-bond acceptors (Lipinski definition) is 5. The highest BCUT2D eigenvalue weighted by Gasteiger charge is 2.25. The zero-order valence-corrected chi connectivity index (χ0v) is 14.0. The van der Waals surface area contributed by atoms with Crippen LogP contribution in [0.25, 0.3) is 0 Å². The number of sulfonamides is 1. The molecule has 0 saturated heterocycles. The average Bonchev–Trinajstić information content (AvgIpc) is 2.60. The highest BCUT2D eigenvalue weighted by molar-refractivity contribution is 7.89. The summed E-state index contributed by atoms with van der Waals surface area (Å²) in [4.78, 5) is 10.1. The molecule has 2 rings (SSSR count). The van der Waals surface area contributed by atoms with Gasteiger partial charge in [-0.1, -0.05) is 37.3 Å². The van der Waals surface area contributed by atoms with Crippen LogP contribution in [-0.4, -0.2) is 30.7 Å². The second-order valence-corrected chi connectivity index (χ2v) is 7.16. The Morgan fingerprint density at radius 3 is 2.21 bits per heavy atom. The van der Waals surface area contributed by atoms with Gasteiger partial charge < -0.3 is 5.73 Å². The summed E-state index contributed by atoms with van der Waals surface area (Å²) in [5, 5.41) is 10.7. The number of rotatable bonds is 7. The highest BCUT2D eigenvalue weighted by Crippen LogP contribution is 2.21. The summed E-state index contributed by atoms with van der Waals surface area (Å²) in [6.07, 6.45) is 0. The third-order valence-electron chi connectivity index (χ3n) is 3.67. The van der Waals surface area contributed by atoms with Crippen molar-refractivity contribution < 1.29 is 13.3 Å². The van der Waals surface area contributed by atoms with Gasteiger partial charge in [0.1, 0.15) is 0 Å². The van der Waals surface area contributed by atoms with Crippen LogP contribution in [0, 0.1) is 10.1 Å². The number of likely N-dealkylation sites (N-methyl/N-ethyl adjacent to an activating group) is 1. The van der Waals surface area contributed by atoms with Crippen molar-refractivity contribution in [2.75, 3.05) is 13.1 Å². The Morgan fingerprint density at radius 2 is 1.71 bits per heavy atom. The minimum Gasteiger partial charge on any atom is -0.323 e. The van der Waals surface area contributed by atoms with Gasteiger partial charge in [0.2, 0.25) is 10.0 Å². The van der Waals surface area contributed by atoms with Gasteiger partial charge in [0.05, 0.1) is 9.82 Å². The molecule has 0 aromatic heterocycles. The largest absolute Gasteiger partial charge is 0.323 e. The van der Waals surface area contributed by atoms with Crippen LogP contribution < -0.4 is 5.73 Å². The average molecular weight is 349 g/mol. The second-order valence-electron chi connectivity index (χ2n) is 5.22. The van der Waals surface area contributed by atoms with E-state index in [1.165, 1.54) is 28.6 Å². The van der Waals surface area contributed by atoms with Gasteiger partial charge in [-0.15, -0.1) is 0 Å². The summed E-state index contributed by atoms with van der Waals surface area (Å²) >= 11 is 0. The third-order valence-corrected chi connectivity index (χ3v) is 5.62. The normalized spacial score (nSPS) is 13.0. The van der Waals surface area contributed by atoms with Crippen molar-refractivity contribution in [2.45, 2.75) is 17.9 Å². The van der Waals surface area contributed by atoms with Crippen molar-refractivity contribution in [1.82, 2.24) is 4.31 Å². The van der Waals surface area contributed by atoms with Crippen LogP contribution in [0.1, 0.15) is 18.5 Å². The molecule has 1 unspecified atom stereocenters. The lowest BCUT2D eigenvalue weighted by molar-refractivity contribution is -0.384. The molecule has 24 heavy (non-hydrogen) atoms. The zero-order valence-electron chi connectivity index (χ0n) is 13.2. The van der Waals surface area contributed by atoms with Crippen molar-refractivity contribution in [3.8, 4) is 0 Å². The fraction of sp³-hybridized carbons (Fsp3) is 0.250. The summed E-state index contributed by atoms with van der Waals surface area (Å²) in [5.41, 5.74) is 6.80. The predicted molar refractivity (Wildman–Crippen MR) is 90.9 cm³/mol. The molecule has 0 amide bonds. The van der Waals surface area contributed by atoms with Crippen LogP contribution >= 0.6 is 0 Å². The van der Waals surface area contributed by atoms with Crippen molar-refractivity contribution in [1.29, 1.82) is 0 Å². The Kier molecular flexibility index (Phi) is 5.66. The van der Waals surface area contributed by atoms with E-state index in [1.54, 1.807) is 6.92 Å². The monoisotopic (exact) mass is 349 g/mol. The van der Waals surface area contributed by atoms with Gasteiger partial charge in [0.25, 0.3) is 5.69 Å². The predicted octanol–water partition coefficient (Wildman–Crippen LogP) is 2.31.